The first-order valence-electron chi connectivity index (χ1n) is 11.5. The first-order chi connectivity index (χ1) is 16.8. The molecule has 1 aliphatic rings. The van der Waals surface area contributed by atoms with E-state index < -0.39 is 24.9 Å². The first kappa shape index (κ1) is 24.6. The third kappa shape index (κ3) is 6.74. The molecule has 1 aliphatic carbocycles. The van der Waals surface area contributed by atoms with Crippen molar-refractivity contribution in [3.8, 4) is 0 Å². The van der Waals surface area contributed by atoms with Crippen LogP contribution in [0.4, 0.5) is 13.2 Å². The molecule has 0 aromatic carbocycles. The van der Waals surface area contributed by atoms with Gasteiger partial charge in [0.25, 0.3) is 5.91 Å². The SMILES string of the molecule is O=C(CCC(F)(F)F)NCc1cnn2cc([C@@H](NC(=O)c3cccnn3)C3CCCCC3)nc2c1. The largest absolute Gasteiger partial charge is 0.389 e. The van der Waals surface area contributed by atoms with Crippen LogP contribution in [0, 0.1) is 5.92 Å². The number of amides is 2. The van der Waals surface area contributed by atoms with E-state index in [2.05, 4.69) is 30.9 Å². The summed E-state index contributed by atoms with van der Waals surface area (Å²) in [6.45, 7) is 0.0395. The Bertz CT molecular complexity index is 1160. The highest BCUT2D eigenvalue weighted by Crippen LogP contribution is 2.34. The smallest absolute Gasteiger partial charge is 0.352 e. The summed E-state index contributed by atoms with van der Waals surface area (Å²) in [6.07, 6.45) is 3.85. The summed E-state index contributed by atoms with van der Waals surface area (Å²) in [5.74, 6) is -0.807. The number of carbonyl (C=O) groups is 2. The van der Waals surface area contributed by atoms with E-state index in [-0.39, 0.29) is 30.1 Å². The topological polar surface area (TPSA) is 114 Å². The van der Waals surface area contributed by atoms with E-state index in [1.54, 1.807) is 28.9 Å². The highest BCUT2D eigenvalue weighted by Gasteiger charge is 2.30. The molecule has 3 aromatic heterocycles. The zero-order valence-corrected chi connectivity index (χ0v) is 19.0. The van der Waals surface area contributed by atoms with Crippen molar-refractivity contribution < 1.29 is 22.8 Å². The molecule has 4 rings (SSSR count). The molecule has 0 radical (unpaired) electrons. The fraction of sp³-hybridized carbons (Fsp3) is 0.478. The van der Waals surface area contributed by atoms with Crippen molar-refractivity contribution in [1.29, 1.82) is 0 Å². The Morgan fingerprint density at radius 3 is 2.71 bits per heavy atom. The number of rotatable bonds is 8. The molecule has 186 valence electrons. The van der Waals surface area contributed by atoms with Crippen LogP contribution in [0.15, 0.2) is 36.8 Å². The Hall–Kier alpha value is -3.57. The maximum absolute atomic E-state index is 12.8. The number of alkyl halides is 3. The number of hydrogen-bond donors (Lipinski definition) is 2. The highest BCUT2D eigenvalue weighted by atomic mass is 19.4. The number of nitrogens with one attached hydrogen (secondary N) is 2. The van der Waals surface area contributed by atoms with E-state index in [1.165, 1.54) is 12.4 Å². The summed E-state index contributed by atoms with van der Waals surface area (Å²) >= 11 is 0. The molecule has 0 saturated heterocycles. The van der Waals surface area contributed by atoms with Crippen molar-refractivity contribution in [2.24, 2.45) is 5.92 Å². The Morgan fingerprint density at radius 2 is 2.00 bits per heavy atom. The van der Waals surface area contributed by atoms with Gasteiger partial charge in [-0.15, -0.1) is 5.10 Å². The molecule has 3 heterocycles. The average Bonchev–Trinajstić information content (AvgIpc) is 3.28. The second-order valence-electron chi connectivity index (χ2n) is 8.68. The van der Waals surface area contributed by atoms with Gasteiger partial charge in [-0.1, -0.05) is 19.3 Å². The normalized spacial score (nSPS) is 15.6. The van der Waals surface area contributed by atoms with Gasteiger partial charge >= 0.3 is 6.18 Å². The molecule has 0 spiro atoms. The maximum atomic E-state index is 12.8. The van der Waals surface area contributed by atoms with Crippen LogP contribution in [0.1, 0.15) is 72.7 Å². The lowest BCUT2D eigenvalue weighted by Crippen LogP contribution is -2.35. The molecule has 1 saturated carbocycles. The summed E-state index contributed by atoms with van der Waals surface area (Å²) < 4.78 is 38.5. The van der Waals surface area contributed by atoms with Crippen LogP contribution in [0.5, 0.6) is 0 Å². The molecule has 0 unspecified atom stereocenters. The monoisotopic (exact) mass is 489 g/mol. The van der Waals surface area contributed by atoms with Gasteiger partial charge in [0.2, 0.25) is 5.91 Å². The fourth-order valence-electron chi connectivity index (χ4n) is 4.26. The van der Waals surface area contributed by atoms with Gasteiger partial charge < -0.3 is 10.6 Å². The van der Waals surface area contributed by atoms with Crippen LogP contribution in [-0.4, -0.2) is 42.8 Å². The number of imidazole rings is 1. The van der Waals surface area contributed by atoms with E-state index in [0.29, 0.717) is 16.9 Å². The molecule has 0 bridgehead atoms. The third-order valence-corrected chi connectivity index (χ3v) is 6.05. The lowest BCUT2D eigenvalue weighted by molar-refractivity contribution is -0.144. The lowest BCUT2D eigenvalue weighted by atomic mass is 9.82. The van der Waals surface area contributed by atoms with Gasteiger partial charge in [-0.05, 0) is 42.5 Å². The number of nitrogens with zero attached hydrogens (tertiary/aromatic N) is 5. The molecular weight excluding hydrogens is 463 g/mol. The average molecular weight is 490 g/mol. The summed E-state index contributed by atoms with van der Waals surface area (Å²) in [5, 5.41) is 17.5. The Morgan fingerprint density at radius 1 is 1.20 bits per heavy atom. The fourth-order valence-corrected chi connectivity index (χ4v) is 4.26. The van der Waals surface area contributed by atoms with Gasteiger partial charge in [-0.25, -0.2) is 9.50 Å². The third-order valence-electron chi connectivity index (χ3n) is 6.05. The molecule has 12 heteroatoms. The summed E-state index contributed by atoms with van der Waals surface area (Å²) in [5.41, 5.74) is 2.00. The van der Waals surface area contributed by atoms with Crippen LogP contribution in [0.25, 0.3) is 5.65 Å². The van der Waals surface area contributed by atoms with Gasteiger partial charge in [-0.3, -0.25) is 9.59 Å². The van der Waals surface area contributed by atoms with Crippen LogP contribution < -0.4 is 10.6 Å². The molecule has 2 amide bonds. The molecular formula is C23H26F3N7O2. The zero-order chi connectivity index (χ0) is 24.8. The van der Waals surface area contributed by atoms with Crippen molar-refractivity contribution in [1.82, 2.24) is 35.4 Å². The minimum atomic E-state index is -4.37. The molecule has 9 nitrogen and oxygen atoms in total. The number of aromatic nitrogens is 5. The van der Waals surface area contributed by atoms with Gasteiger partial charge in [0.15, 0.2) is 11.3 Å². The maximum Gasteiger partial charge on any atom is 0.389 e. The van der Waals surface area contributed by atoms with Crippen molar-refractivity contribution >= 4 is 17.5 Å². The number of fused-ring (bicyclic) bond motifs is 1. The summed E-state index contributed by atoms with van der Waals surface area (Å²) in [4.78, 5) is 29.2. The number of hydrogen-bond acceptors (Lipinski definition) is 6. The Balaban J connectivity index is 1.49. The number of carbonyl (C=O) groups excluding carboxylic acids is 2. The molecule has 35 heavy (non-hydrogen) atoms. The van der Waals surface area contributed by atoms with Gasteiger partial charge in [0.1, 0.15) is 0 Å². The second kappa shape index (κ2) is 10.8. The first-order valence-corrected chi connectivity index (χ1v) is 11.5. The quantitative estimate of drug-likeness (QED) is 0.500. The highest BCUT2D eigenvalue weighted by molar-refractivity contribution is 5.92. The number of halogens is 3. The van der Waals surface area contributed by atoms with Crippen LogP contribution in [0.3, 0.4) is 0 Å². The Labute approximate surface area is 199 Å². The van der Waals surface area contributed by atoms with Crippen LogP contribution in [-0.2, 0) is 11.3 Å². The molecule has 0 aliphatic heterocycles. The second-order valence-corrected chi connectivity index (χ2v) is 8.68. The molecule has 2 N–H and O–H groups in total. The van der Waals surface area contributed by atoms with E-state index in [0.717, 1.165) is 32.1 Å². The van der Waals surface area contributed by atoms with E-state index >= 15 is 0 Å². The van der Waals surface area contributed by atoms with Crippen molar-refractivity contribution in [3.05, 3.63) is 53.7 Å². The van der Waals surface area contributed by atoms with Crippen molar-refractivity contribution in [3.63, 3.8) is 0 Å². The van der Waals surface area contributed by atoms with Gasteiger partial charge in [0, 0.05) is 19.2 Å². The van der Waals surface area contributed by atoms with E-state index in [1.807, 2.05) is 0 Å². The lowest BCUT2D eigenvalue weighted by Gasteiger charge is -2.29. The minimum absolute atomic E-state index is 0.0395. The summed E-state index contributed by atoms with van der Waals surface area (Å²) in [6, 6.07) is 4.62. The zero-order valence-electron chi connectivity index (χ0n) is 19.0. The van der Waals surface area contributed by atoms with E-state index in [9.17, 15) is 22.8 Å². The van der Waals surface area contributed by atoms with Gasteiger partial charge in [0.05, 0.1) is 30.6 Å². The van der Waals surface area contributed by atoms with Crippen LogP contribution in [0.2, 0.25) is 0 Å². The molecule has 3 aromatic rings. The minimum Gasteiger partial charge on any atom is -0.352 e. The molecule has 1 atom stereocenters. The standard InChI is InChI=1S/C23H26F3N7O2/c24-23(25,26)9-8-20(34)27-12-15-11-19-30-18(14-33(19)29-13-15)21(16-5-2-1-3-6-16)31-22(35)17-7-4-10-28-32-17/h4,7,10-11,13-14,16,21H,1-3,5-6,8-9,12H2,(H,27,34)(H,31,35)/t21-/m0/s1. The molecule has 1 fully saturated rings. The predicted molar refractivity (Wildman–Crippen MR) is 119 cm³/mol. The van der Waals surface area contributed by atoms with Crippen molar-refractivity contribution in [2.75, 3.05) is 0 Å². The van der Waals surface area contributed by atoms with E-state index in [4.69, 9.17) is 0 Å². The van der Waals surface area contributed by atoms with Crippen molar-refractivity contribution in [2.45, 2.75) is 63.7 Å². The predicted octanol–water partition coefficient (Wildman–Crippen LogP) is 3.53. The van der Waals surface area contributed by atoms with Crippen LogP contribution >= 0.6 is 0 Å². The summed E-state index contributed by atoms with van der Waals surface area (Å²) in [7, 11) is 0. The van der Waals surface area contributed by atoms with Gasteiger partial charge in [-0.2, -0.15) is 23.4 Å². The Kier molecular flexibility index (Phi) is 7.57.